The molecule has 0 atom stereocenters. The molecule has 0 aliphatic rings. The van der Waals surface area contributed by atoms with Gasteiger partial charge in [-0.2, -0.15) is 0 Å². The molecule has 1 aromatic carbocycles. The van der Waals surface area contributed by atoms with Crippen LogP contribution in [0.3, 0.4) is 0 Å². The van der Waals surface area contributed by atoms with Crippen LogP contribution in [0.25, 0.3) is 0 Å². The number of hydrazine groups is 1. The number of carbonyl (C=O) groups is 1. The number of hydrogen-bond acceptors (Lipinski definition) is 5. The number of anilines is 1. The van der Waals surface area contributed by atoms with Gasteiger partial charge in [-0.3, -0.25) is 25.8 Å². The highest BCUT2D eigenvalue weighted by Crippen LogP contribution is 2.11. The molecule has 0 fully saturated rings. The molecule has 2 aromatic rings. The first-order chi connectivity index (χ1) is 9.97. The minimum atomic E-state index is -1.14. The van der Waals surface area contributed by atoms with Gasteiger partial charge in [-0.25, -0.2) is 13.8 Å². The molecule has 0 bridgehead atoms. The zero-order chi connectivity index (χ0) is 15.4. The van der Waals surface area contributed by atoms with Crippen LogP contribution in [-0.4, -0.2) is 15.8 Å². The number of nitrogens with one attached hydrogen (secondary N) is 2. The third-order valence-corrected chi connectivity index (χ3v) is 2.44. The normalized spacial score (nSPS) is 10.0. The van der Waals surface area contributed by atoms with Crippen LogP contribution >= 0.6 is 0 Å². The maximum atomic E-state index is 13.0. The lowest BCUT2D eigenvalue weighted by atomic mass is 10.2. The van der Waals surface area contributed by atoms with Crippen molar-refractivity contribution in [2.24, 2.45) is 0 Å². The Balaban J connectivity index is 2.00. The first-order valence-corrected chi connectivity index (χ1v) is 5.59. The molecule has 21 heavy (non-hydrogen) atoms. The van der Waals surface area contributed by atoms with Gasteiger partial charge in [-0.1, -0.05) is 0 Å². The van der Waals surface area contributed by atoms with Crippen LogP contribution in [0.4, 0.5) is 20.3 Å². The molecule has 0 unspecified atom stereocenters. The molecule has 108 valence electrons. The Bertz CT molecular complexity index is 691. The molecule has 2 rings (SSSR count). The number of halogens is 2. The van der Waals surface area contributed by atoms with E-state index in [0.29, 0.717) is 0 Å². The lowest BCUT2D eigenvalue weighted by molar-refractivity contribution is -0.385. The molecule has 1 aromatic heterocycles. The molecule has 1 heterocycles. The van der Waals surface area contributed by atoms with Crippen LogP contribution in [0.15, 0.2) is 36.5 Å². The Hall–Kier alpha value is -3.10. The lowest BCUT2D eigenvalue weighted by Crippen LogP contribution is -2.29. The van der Waals surface area contributed by atoms with Gasteiger partial charge in [0.2, 0.25) is 0 Å². The van der Waals surface area contributed by atoms with E-state index in [1.807, 2.05) is 0 Å². The smallest absolute Gasteiger partial charge is 0.282 e. The van der Waals surface area contributed by atoms with E-state index in [4.69, 9.17) is 0 Å². The van der Waals surface area contributed by atoms with Gasteiger partial charge in [-0.05, 0) is 24.3 Å². The van der Waals surface area contributed by atoms with Gasteiger partial charge in [0.05, 0.1) is 4.92 Å². The summed E-state index contributed by atoms with van der Waals surface area (Å²) in [5.41, 5.74) is 4.30. The number of carbonyl (C=O) groups excluding carboxylic acids is 1. The van der Waals surface area contributed by atoms with E-state index >= 15 is 0 Å². The Labute approximate surface area is 116 Å². The van der Waals surface area contributed by atoms with Crippen molar-refractivity contribution in [3.8, 4) is 0 Å². The van der Waals surface area contributed by atoms with Crippen molar-refractivity contribution in [1.29, 1.82) is 0 Å². The monoisotopic (exact) mass is 294 g/mol. The van der Waals surface area contributed by atoms with Crippen molar-refractivity contribution < 1.29 is 18.5 Å². The van der Waals surface area contributed by atoms with Crippen LogP contribution in [0.1, 0.15) is 10.4 Å². The first kappa shape index (κ1) is 14.3. The third-order valence-electron chi connectivity index (χ3n) is 2.44. The summed E-state index contributed by atoms with van der Waals surface area (Å²) in [5, 5.41) is 10.4. The Morgan fingerprint density at radius 1 is 1.19 bits per heavy atom. The van der Waals surface area contributed by atoms with Crippen LogP contribution in [0.2, 0.25) is 0 Å². The summed E-state index contributed by atoms with van der Waals surface area (Å²) in [4.78, 5) is 25.2. The van der Waals surface area contributed by atoms with Crippen molar-refractivity contribution in [3.05, 3.63) is 63.8 Å². The van der Waals surface area contributed by atoms with Gasteiger partial charge in [0, 0.05) is 11.6 Å². The Kier molecular flexibility index (Phi) is 4.02. The molecule has 7 nitrogen and oxygen atoms in total. The SMILES string of the molecule is O=C(NNc1ccc([N+](=O)[O-])cn1)c1ccc(F)c(F)c1. The van der Waals surface area contributed by atoms with E-state index in [1.54, 1.807) is 0 Å². The van der Waals surface area contributed by atoms with Gasteiger partial charge in [0.25, 0.3) is 11.6 Å². The van der Waals surface area contributed by atoms with Crippen molar-refractivity contribution >= 4 is 17.4 Å². The number of rotatable bonds is 4. The lowest BCUT2D eigenvalue weighted by Gasteiger charge is -2.07. The van der Waals surface area contributed by atoms with E-state index in [1.165, 1.54) is 12.1 Å². The third kappa shape index (κ3) is 3.47. The second kappa shape index (κ2) is 5.90. The van der Waals surface area contributed by atoms with Crippen LogP contribution in [0, 0.1) is 21.7 Å². The Morgan fingerprint density at radius 2 is 1.95 bits per heavy atom. The highest BCUT2D eigenvalue weighted by atomic mass is 19.2. The maximum absolute atomic E-state index is 13.0. The second-order valence-corrected chi connectivity index (χ2v) is 3.87. The maximum Gasteiger partial charge on any atom is 0.287 e. The van der Waals surface area contributed by atoms with E-state index in [0.717, 1.165) is 24.4 Å². The van der Waals surface area contributed by atoms with Crippen molar-refractivity contribution in [2.75, 3.05) is 5.43 Å². The number of amides is 1. The van der Waals surface area contributed by atoms with Gasteiger partial charge < -0.3 is 0 Å². The highest BCUT2D eigenvalue weighted by molar-refractivity contribution is 5.94. The molecule has 0 spiro atoms. The average molecular weight is 294 g/mol. The van der Waals surface area contributed by atoms with Gasteiger partial charge in [0.1, 0.15) is 12.0 Å². The zero-order valence-electron chi connectivity index (χ0n) is 10.3. The molecular weight excluding hydrogens is 286 g/mol. The summed E-state index contributed by atoms with van der Waals surface area (Å²) in [6.07, 6.45) is 1.01. The summed E-state index contributed by atoms with van der Waals surface area (Å²) < 4.78 is 25.7. The van der Waals surface area contributed by atoms with Gasteiger partial charge in [-0.15, -0.1) is 0 Å². The van der Waals surface area contributed by atoms with E-state index in [9.17, 15) is 23.7 Å². The van der Waals surface area contributed by atoms with Crippen LogP contribution in [-0.2, 0) is 0 Å². The molecule has 0 radical (unpaired) electrons. The number of pyridine rings is 1. The molecule has 1 amide bonds. The summed E-state index contributed by atoms with van der Waals surface area (Å²) >= 11 is 0. The number of nitrogens with zero attached hydrogens (tertiary/aromatic N) is 2. The van der Waals surface area contributed by atoms with Crippen molar-refractivity contribution in [1.82, 2.24) is 10.4 Å². The highest BCUT2D eigenvalue weighted by Gasteiger charge is 2.10. The van der Waals surface area contributed by atoms with E-state index < -0.39 is 22.5 Å². The topological polar surface area (TPSA) is 97.2 Å². The summed E-state index contributed by atoms with van der Waals surface area (Å²) in [6, 6.07) is 5.16. The van der Waals surface area contributed by atoms with Crippen molar-refractivity contribution in [3.63, 3.8) is 0 Å². The van der Waals surface area contributed by atoms with Crippen LogP contribution < -0.4 is 10.9 Å². The predicted molar refractivity (Wildman–Crippen MR) is 68.3 cm³/mol. The molecule has 0 saturated carbocycles. The largest absolute Gasteiger partial charge is 0.287 e. The fraction of sp³-hybridized carbons (Fsp3) is 0. The summed E-state index contributed by atoms with van der Waals surface area (Å²) in [5.74, 6) is -2.77. The van der Waals surface area contributed by atoms with E-state index in [-0.39, 0.29) is 17.1 Å². The minimum Gasteiger partial charge on any atom is -0.282 e. The van der Waals surface area contributed by atoms with E-state index in [2.05, 4.69) is 15.8 Å². The number of aromatic nitrogens is 1. The van der Waals surface area contributed by atoms with Crippen LogP contribution in [0.5, 0.6) is 0 Å². The fourth-order valence-corrected chi connectivity index (χ4v) is 1.40. The standard InChI is InChI=1S/C12H8F2N4O3/c13-9-3-1-7(5-10(9)14)12(19)17-16-11-4-2-8(6-15-11)18(20)21/h1-6H,(H,15,16)(H,17,19). The zero-order valence-corrected chi connectivity index (χ0v) is 10.3. The molecule has 2 N–H and O–H groups in total. The molecule has 0 saturated heterocycles. The number of nitro groups is 1. The number of benzene rings is 1. The summed E-state index contributed by atoms with van der Waals surface area (Å²) in [6.45, 7) is 0. The quantitative estimate of drug-likeness (QED) is 0.664. The van der Waals surface area contributed by atoms with Gasteiger partial charge >= 0.3 is 0 Å². The second-order valence-electron chi connectivity index (χ2n) is 3.87. The fourth-order valence-electron chi connectivity index (χ4n) is 1.40. The molecular formula is C12H8F2N4O3. The summed E-state index contributed by atoms with van der Waals surface area (Å²) in [7, 11) is 0. The molecule has 9 heteroatoms. The molecule has 0 aliphatic heterocycles. The number of hydrogen-bond donors (Lipinski definition) is 2. The predicted octanol–water partition coefficient (Wildman–Crippen LogP) is 2.02. The Morgan fingerprint density at radius 3 is 2.52 bits per heavy atom. The average Bonchev–Trinajstić information content (AvgIpc) is 2.48. The first-order valence-electron chi connectivity index (χ1n) is 5.59. The van der Waals surface area contributed by atoms with Crippen molar-refractivity contribution in [2.45, 2.75) is 0 Å². The minimum absolute atomic E-state index is 0.0942. The van der Waals surface area contributed by atoms with Gasteiger partial charge in [0.15, 0.2) is 11.6 Å². The molecule has 0 aliphatic carbocycles.